The highest BCUT2D eigenvalue weighted by Gasteiger charge is 2.32. The van der Waals surface area contributed by atoms with Gasteiger partial charge < -0.3 is 9.64 Å². The molecule has 0 aliphatic carbocycles. The standard InChI is InChI=1S/C15H21N3O5/c1-4-9-16(10-5-2)11-8-12-6-7-13(23-3)15(18(21)22)14(12)17(19)20/h6-8,11H,4-5,9-10H2,1-3H3. The molecule has 0 fully saturated rings. The zero-order chi connectivity index (χ0) is 17.4. The van der Waals surface area contributed by atoms with E-state index in [1.165, 1.54) is 25.3 Å². The van der Waals surface area contributed by atoms with Gasteiger partial charge in [-0.25, -0.2) is 0 Å². The van der Waals surface area contributed by atoms with Crippen LogP contribution in [0.15, 0.2) is 18.3 Å². The summed E-state index contributed by atoms with van der Waals surface area (Å²) >= 11 is 0. The van der Waals surface area contributed by atoms with Crippen molar-refractivity contribution in [2.24, 2.45) is 0 Å². The van der Waals surface area contributed by atoms with Crippen LogP contribution >= 0.6 is 0 Å². The summed E-state index contributed by atoms with van der Waals surface area (Å²) in [6.45, 7) is 5.71. The Bertz CT molecular complexity index is 595. The molecular formula is C15H21N3O5. The van der Waals surface area contributed by atoms with Crippen molar-refractivity contribution in [3.8, 4) is 5.75 Å². The van der Waals surface area contributed by atoms with Crippen molar-refractivity contribution in [3.63, 3.8) is 0 Å². The van der Waals surface area contributed by atoms with Gasteiger partial charge in [0.25, 0.3) is 0 Å². The molecule has 0 atom stereocenters. The SMILES string of the molecule is CCCN(C=Cc1ccc(OC)c([N+](=O)[O-])c1[N+](=O)[O-])CCC. The minimum absolute atomic E-state index is 0.127. The molecule has 0 saturated carbocycles. The lowest BCUT2D eigenvalue weighted by Crippen LogP contribution is -2.18. The highest BCUT2D eigenvalue weighted by molar-refractivity contribution is 5.73. The summed E-state index contributed by atoms with van der Waals surface area (Å²) in [4.78, 5) is 23.0. The van der Waals surface area contributed by atoms with E-state index in [1.54, 1.807) is 6.20 Å². The lowest BCUT2D eigenvalue weighted by atomic mass is 10.1. The van der Waals surface area contributed by atoms with E-state index in [-0.39, 0.29) is 11.3 Å². The summed E-state index contributed by atoms with van der Waals surface area (Å²) in [7, 11) is 1.24. The summed E-state index contributed by atoms with van der Waals surface area (Å²) < 4.78 is 4.87. The molecule has 0 aliphatic heterocycles. The summed E-state index contributed by atoms with van der Waals surface area (Å²) in [5.74, 6) is -0.127. The van der Waals surface area contributed by atoms with E-state index in [4.69, 9.17) is 4.74 Å². The van der Waals surface area contributed by atoms with Gasteiger partial charge in [-0.05, 0) is 37.3 Å². The number of benzene rings is 1. The van der Waals surface area contributed by atoms with Gasteiger partial charge in [0.05, 0.1) is 22.5 Å². The van der Waals surface area contributed by atoms with Gasteiger partial charge >= 0.3 is 11.4 Å². The number of ether oxygens (including phenoxy) is 1. The van der Waals surface area contributed by atoms with Crippen molar-refractivity contribution in [2.45, 2.75) is 26.7 Å². The molecule has 0 aliphatic rings. The van der Waals surface area contributed by atoms with Gasteiger partial charge in [-0.15, -0.1) is 0 Å². The number of hydrogen-bond acceptors (Lipinski definition) is 6. The third-order valence-corrected chi connectivity index (χ3v) is 3.22. The Balaban J connectivity index is 3.33. The minimum Gasteiger partial charge on any atom is -0.490 e. The smallest absolute Gasteiger partial charge is 0.387 e. The van der Waals surface area contributed by atoms with Crippen LogP contribution in [-0.4, -0.2) is 34.9 Å². The predicted octanol–water partition coefficient (Wildman–Crippen LogP) is 3.60. The quantitative estimate of drug-likeness (QED) is 0.508. The van der Waals surface area contributed by atoms with E-state index < -0.39 is 21.2 Å². The zero-order valence-electron chi connectivity index (χ0n) is 13.5. The van der Waals surface area contributed by atoms with Crippen LogP contribution in [-0.2, 0) is 0 Å². The Kier molecular flexibility index (Phi) is 6.98. The van der Waals surface area contributed by atoms with Gasteiger partial charge in [0.15, 0.2) is 0 Å². The highest BCUT2D eigenvalue weighted by atomic mass is 16.6. The Morgan fingerprint density at radius 3 is 2.09 bits per heavy atom. The summed E-state index contributed by atoms with van der Waals surface area (Å²) in [5, 5.41) is 22.5. The molecule has 8 heteroatoms. The lowest BCUT2D eigenvalue weighted by Gasteiger charge is -2.18. The monoisotopic (exact) mass is 323 g/mol. The Morgan fingerprint density at radius 1 is 1.09 bits per heavy atom. The van der Waals surface area contributed by atoms with Crippen LogP contribution in [0.2, 0.25) is 0 Å². The fourth-order valence-corrected chi connectivity index (χ4v) is 2.27. The summed E-state index contributed by atoms with van der Waals surface area (Å²) in [6, 6.07) is 2.82. The van der Waals surface area contributed by atoms with Crippen LogP contribution in [0.1, 0.15) is 32.3 Å². The van der Waals surface area contributed by atoms with E-state index in [1.807, 2.05) is 18.7 Å². The molecular weight excluding hydrogens is 302 g/mol. The van der Waals surface area contributed by atoms with Crippen molar-refractivity contribution >= 4 is 17.5 Å². The molecule has 0 saturated heterocycles. The van der Waals surface area contributed by atoms with Crippen molar-refractivity contribution in [2.75, 3.05) is 20.2 Å². The van der Waals surface area contributed by atoms with Crippen molar-refractivity contribution < 1.29 is 14.6 Å². The Morgan fingerprint density at radius 2 is 1.65 bits per heavy atom. The third kappa shape index (κ3) is 4.67. The highest BCUT2D eigenvalue weighted by Crippen LogP contribution is 2.39. The molecule has 0 bridgehead atoms. The van der Waals surface area contributed by atoms with Crippen LogP contribution in [0, 0.1) is 20.2 Å². The number of nitro benzene ring substituents is 2. The van der Waals surface area contributed by atoms with Crippen molar-refractivity contribution in [1.82, 2.24) is 4.90 Å². The maximum Gasteiger partial charge on any atom is 0.387 e. The van der Waals surface area contributed by atoms with Crippen LogP contribution < -0.4 is 4.74 Å². The predicted molar refractivity (Wildman–Crippen MR) is 87.5 cm³/mol. The fourth-order valence-electron chi connectivity index (χ4n) is 2.27. The summed E-state index contributed by atoms with van der Waals surface area (Å²) in [5.41, 5.74) is -1.00. The van der Waals surface area contributed by atoms with Crippen LogP contribution in [0.25, 0.3) is 6.08 Å². The zero-order valence-corrected chi connectivity index (χ0v) is 13.5. The van der Waals surface area contributed by atoms with E-state index in [0.717, 1.165) is 25.9 Å². The molecule has 0 N–H and O–H groups in total. The molecule has 0 radical (unpaired) electrons. The maximum atomic E-state index is 11.3. The van der Waals surface area contributed by atoms with Gasteiger partial charge in [0.2, 0.25) is 5.75 Å². The minimum atomic E-state index is -0.788. The molecule has 8 nitrogen and oxygen atoms in total. The van der Waals surface area contributed by atoms with Gasteiger partial charge in [-0.1, -0.05) is 13.8 Å². The largest absolute Gasteiger partial charge is 0.490 e. The number of nitrogens with zero attached hydrogens (tertiary/aromatic N) is 3. The first-order valence-corrected chi connectivity index (χ1v) is 7.38. The second kappa shape index (κ2) is 8.72. The van der Waals surface area contributed by atoms with Gasteiger partial charge in [-0.2, -0.15) is 0 Å². The molecule has 126 valence electrons. The number of rotatable bonds is 9. The molecule has 0 aromatic heterocycles. The fraction of sp³-hybridized carbons (Fsp3) is 0.467. The first kappa shape index (κ1) is 18.4. The number of hydrogen-bond donors (Lipinski definition) is 0. The van der Waals surface area contributed by atoms with Crippen LogP contribution in [0.4, 0.5) is 11.4 Å². The molecule has 0 amide bonds. The normalized spacial score (nSPS) is 10.7. The molecule has 23 heavy (non-hydrogen) atoms. The Labute approximate surface area is 134 Å². The molecule has 1 aromatic carbocycles. The van der Waals surface area contributed by atoms with Gasteiger partial charge in [0, 0.05) is 13.1 Å². The molecule has 1 aromatic rings. The van der Waals surface area contributed by atoms with E-state index in [9.17, 15) is 20.2 Å². The maximum absolute atomic E-state index is 11.3. The average Bonchev–Trinajstić information content (AvgIpc) is 2.51. The van der Waals surface area contributed by atoms with Crippen molar-refractivity contribution in [1.29, 1.82) is 0 Å². The third-order valence-electron chi connectivity index (χ3n) is 3.22. The van der Waals surface area contributed by atoms with Crippen LogP contribution in [0.5, 0.6) is 5.75 Å². The van der Waals surface area contributed by atoms with Gasteiger partial charge in [0.1, 0.15) is 0 Å². The van der Waals surface area contributed by atoms with Crippen molar-refractivity contribution in [3.05, 3.63) is 44.1 Å². The summed E-state index contributed by atoms with van der Waals surface area (Å²) in [6.07, 6.45) is 5.16. The lowest BCUT2D eigenvalue weighted by molar-refractivity contribution is -0.423. The number of methoxy groups -OCH3 is 1. The topological polar surface area (TPSA) is 98.8 Å². The number of nitro groups is 2. The molecule has 0 unspecified atom stereocenters. The van der Waals surface area contributed by atoms with Crippen LogP contribution in [0.3, 0.4) is 0 Å². The molecule has 0 heterocycles. The average molecular weight is 323 g/mol. The van der Waals surface area contributed by atoms with E-state index >= 15 is 0 Å². The Hall–Kier alpha value is -2.64. The van der Waals surface area contributed by atoms with E-state index in [2.05, 4.69) is 0 Å². The second-order valence-corrected chi connectivity index (χ2v) is 4.92. The van der Waals surface area contributed by atoms with Gasteiger partial charge in [-0.3, -0.25) is 20.2 Å². The first-order chi connectivity index (χ1) is 11.0. The van der Waals surface area contributed by atoms with E-state index in [0.29, 0.717) is 0 Å². The molecule has 0 spiro atoms. The second-order valence-electron chi connectivity index (χ2n) is 4.92. The first-order valence-electron chi connectivity index (χ1n) is 7.38. The molecule has 1 rings (SSSR count).